The molecule has 2 aliphatic heterocycles. The van der Waals surface area contributed by atoms with Crippen LogP contribution in [-0.4, -0.2) is 32.0 Å². The molecule has 0 radical (unpaired) electrons. The highest BCUT2D eigenvalue weighted by Crippen LogP contribution is 2.57. The van der Waals surface area contributed by atoms with Crippen molar-refractivity contribution < 1.29 is 0 Å². The minimum atomic E-state index is -0.534. The molecule has 1 aromatic heterocycles. The van der Waals surface area contributed by atoms with E-state index >= 15 is 0 Å². The number of hydrogen-bond donors (Lipinski definition) is 0. The molecule has 2 aliphatic rings. The van der Waals surface area contributed by atoms with E-state index < -0.39 is 15.8 Å². The normalized spacial score (nSPS) is 31.9. The van der Waals surface area contributed by atoms with E-state index in [1.807, 2.05) is 0 Å². The summed E-state index contributed by atoms with van der Waals surface area (Å²) in [5, 5.41) is 1.89. The minimum absolute atomic E-state index is 0.0904. The quantitative estimate of drug-likeness (QED) is 0.753. The first-order valence-corrected chi connectivity index (χ1v) is 12.1. The van der Waals surface area contributed by atoms with Crippen LogP contribution in [0.15, 0.2) is 9.59 Å². The maximum Gasteiger partial charge on any atom is 0.273 e. The van der Waals surface area contributed by atoms with Crippen LogP contribution in [0.4, 0.5) is 0 Å². The molecule has 6 heteroatoms. The van der Waals surface area contributed by atoms with Gasteiger partial charge in [0.2, 0.25) is 0 Å². The summed E-state index contributed by atoms with van der Waals surface area (Å²) in [6.07, 6.45) is 4.75. The van der Waals surface area contributed by atoms with E-state index in [0.29, 0.717) is 22.6 Å². The molecule has 3 heterocycles. The van der Waals surface area contributed by atoms with E-state index in [1.54, 1.807) is 23.5 Å². The monoisotopic (exact) mass is 368 g/mol. The lowest BCUT2D eigenvalue weighted by Gasteiger charge is -2.29. The summed E-state index contributed by atoms with van der Waals surface area (Å²) in [6, 6.07) is 0. The summed E-state index contributed by atoms with van der Waals surface area (Å²) in [4.78, 5) is 26.5. The average Bonchev–Trinajstić information content (AvgIpc) is 3.04. The Kier molecular flexibility index (Phi) is 5.11. The fourth-order valence-corrected chi connectivity index (χ4v) is 11.8. The van der Waals surface area contributed by atoms with Crippen LogP contribution in [0.5, 0.6) is 0 Å². The van der Waals surface area contributed by atoms with Crippen molar-refractivity contribution in [3.8, 4) is 0 Å². The van der Waals surface area contributed by atoms with E-state index in [2.05, 4.69) is 27.7 Å². The molecule has 2 saturated heterocycles. The molecule has 0 bridgehead atoms. The highest BCUT2D eigenvalue weighted by Gasteiger charge is 2.41. The number of nitrogens with zero attached hydrogens (tertiary/aromatic N) is 2. The van der Waals surface area contributed by atoms with E-state index in [4.69, 9.17) is 0 Å². The Morgan fingerprint density at radius 3 is 1.17 bits per heavy atom. The molecular weight excluding hydrogens is 338 g/mol. The third kappa shape index (κ3) is 2.74. The zero-order chi connectivity index (χ0) is 17.8. The highest BCUT2D eigenvalue weighted by molar-refractivity contribution is 7.73. The number of aromatic nitrogens is 2. The number of hydrogen-bond acceptors (Lipinski definition) is 2. The van der Waals surface area contributed by atoms with Crippen LogP contribution >= 0.6 is 15.8 Å². The van der Waals surface area contributed by atoms with Gasteiger partial charge in [0, 0.05) is 14.1 Å². The lowest BCUT2D eigenvalue weighted by molar-refractivity contribution is 0.540. The Morgan fingerprint density at radius 1 is 0.667 bits per heavy atom. The average molecular weight is 368 g/mol. The molecule has 0 aromatic carbocycles. The van der Waals surface area contributed by atoms with Crippen LogP contribution in [0.1, 0.15) is 53.4 Å². The second-order valence-electron chi connectivity index (χ2n) is 7.72. The smallest absolute Gasteiger partial charge is 0.267 e. The highest BCUT2D eigenvalue weighted by atomic mass is 31.1. The fourth-order valence-electron chi connectivity index (χ4n) is 4.52. The molecule has 4 nitrogen and oxygen atoms in total. The molecule has 0 amide bonds. The Balaban J connectivity index is 2.31. The molecule has 0 unspecified atom stereocenters. The molecule has 1 aromatic rings. The van der Waals surface area contributed by atoms with Gasteiger partial charge in [-0.05, 0) is 48.3 Å². The van der Waals surface area contributed by atoms with Gasteiger partial charge in [-0.25, -0.2) is 0 Å². The van der Waals surface area contributed by atoms with Gasteiger partial charge < -0.3 is 0 Å². The summed E-state index contributed by atoms with van der Waals surface area (Å²) >= 11 is 0. The van der Waals surface area contributed by atoms with Gasteiger partial charge in [-0.1, -0.05) is 43.5 Å². The van der Waals surface area contributed by atoms with E-state index in [9.17, 15) is 9.59 Å². The Hall–Kier alpha value is -0.460. The van der Waals surface area contributed by atoms with Crippen molar-refractivity contribution in [2.45, 2.75) is 76.0 Å². The van der Waals surface area contributed by atoms with Gasteiger partial charge in [0.05, 0.1) is 10.6 Å². The first-order chi connectivity index (χ1) is 11.3. The van der Waals surface area contributed by atoms with E-state index in [1.165, 1.54) is 25.7 Å². The standard InChI is InChI=1S/C18H30N2O2P2/c1-11-7-8-12(2)23(11)15-16(24-13(3)9-10-14(24)4)18(22)20(6)19(5)17(15)21/h11-14H,7-10H2,1-6H3/t11-,12-,13-,14-/m1/s1. The van der Waals surface area contributed by atoms with Crippen molar-refractivity contribution >= 4 is 26.5 Å². The predicted octanol–water partition coefficient (Wildman–Crippen LogP) is 2.44. The van der Waals surface area contributed by atoms with Crippen molar-refractivity contribution in [2.75, 3.05) is 0 Å². The molecule has 0 spiro atoms. The van der Waals surface area contributed by atoms with Crippen LogP contribution in [-0.2, 0) is 14.1 Å². The van der Waals surface area contributed by atoms with Crippen molar-refractivity contribution in [1.29, 1.82) is 0 Å². The fraction of sp³-hybridized carbons (Fsp3) is 0.778. The molecule has 3 rings (SSSR count). The summed E-state index contributed by atoms with van der Waals surface area (Å²) in [5.74, 6) is 0. The largest absolute Gasteiger partial charge is 0.273 e. The van der Waals surface area contributed by atoms with Gasteiger partial charge in [0.1, 0.15) is 0 Å². The minimum Gasteiger partial charge on any atom is -0.267 e. The molecular formula is C18H30N2O2P2. The first-order valence-electron chi connectivity index (χ1n) is 9.12. The van der Waals surface area contributed by atoms with E-state index in [-0.39, 0.29) is 11.1 Å². The summed E-state index contributed by atoms with van der Waals surface area (Å²) in [6.45, 7) is 9.13. The van der Waals surface area contributed by atoms with Gasteiger partial charge in [0.15, 0.2) is 0 Å². The van der Waals surface area contributed by atoms with Crippen LogP contribution in [0.3, 0.4) is 0 Å². The molecule has 134 valence electrons. The summed E-state index contributed by atoms with van der Waals surface area (Å²) < 4.78 is 3.09. The van der Waals surface area contributed by atoms with Gasteiger partial charge in [-0.15, -0.1) is 0 Å². The molecule has 2 fully saturated rings. The molecule has 0 aliphatic carbocycles. The second kappa shape index (κ2) is 6.69. The molecule has 0 N–H and O–H groups in total. The van der Waals surface area contributed by atoms with Crippen molar-refractivity contribution in [3.63, 3.8) is 0 Å². The maximum atomic E-state index is 13.2. The van der Waals surface area contributed by atoms with Crippen LogP contribution in [0, 0.1) is 0 Å². The van der Waals surface area contributed by atoms with Crippen molar-refractivity contribution in [3.05, 3.63) is 20.7 Å². The van der Waals surface area contributed by atoms with E-state index in [0.717, 1.165) is 10.6 Å². The van der Waals surface area contributed by atoms with Gasteiger partial charge in [-0.2, -0.15) is 0 Å². The molecule has 24 heavy (non-hydrogen) atoms. The van der Waals surface area contributed by atoms with Gasteiger partial charge >= 0.3 is 0 Å². The third-order valence-corrected chi connectivity index (χ3v) is 13.0. The van der Waals surface area contributed by atoms with Crippen molar-refractivity contribution in [2.24, 2.45) is 14.1 Å². The molecule has 4 atom stereocenters. The SMILES string of the molecule is C[C@@H]1CC[C@@H](C)P1c1c(P2[C@H](C)CC[C@H]2C)c(=O)n(C)n(C)c1=O. The lowest BCUT2D eigenvalue weighted by atomic mass is 10.2. The zero-order valence-electron chi connectivity index (χ0n) is 15.7. The second-order valence-corrected chi connectivity index (χ2v) is 13.8. The predicted molar refractivity (Wildman–Crippen MR) is 106 cm³/mol. The lowest BCUT2D eigenvalue weighted by Crippen LogP contribution is -2.55. The summed E-state index contributed by atoms with van der Waals surface area (Å²) in [5.41, 5.74) is 2.39. The van der Waals surface area contributed by atoms with Crippen LogP contribution in [0.2, 0.25) is 0 Å². The third-order valence-electron chi connectivity index (χ3n) is 6.09. The molecule has 0 saturated carbocycles. The zero-order valence-corrected chi connectivity index (χ0v) is 17.5. The van der Waals surface area contributed by atoms with Crippen molar-refractivity contribution in [1.82, 2.24) is 9.36 Å². The Morgan fingerprint density at radius 2 is 0.917 bits per heavy atom. The first kappa shape index (κ1) is 18.3. The topological polar surface area (TPSA) is 44.0 Å². The Labute approximate surface area is 147 Å². The van der Waals surface area contributed by atoms with Crippen LogP contribution < -0.4 is 21.7 Å². The maximum absolute atomic E-state index is 13.2. The van der Waals surface area contributed by atoms with Crippen LogP contribution in [0.25, 0.3) is 0 Å². The Bertz CT molecular complexity index is 672. The number of rotatable bonds is 2. The van der Waals surface area contributed by atoms with Gasteiger partial charge in [-0.3, -0.25) is 19.0 Å². The summed E-state index contributed by atoms with van der Waals surface area (Å²) in [7, 11) is 2.42. The van der Waals surface area contributed by atoms with Gasteiger partial charge in [0.25, 0.3) is 11.1 Å².